The minimum atomic E-state index is 0.860. The third-order valence-electron chi connectivity index (χ3n) is 11.9. The van der Waals surface area contributed by atoms with Gasteiger partial charge >= 0.3 is 0 Å². The SMILES string of the molecule is c1ccc2cc(-c3ccc(-c4ccc(N(c5ccc(-c6ccc7oc8ccccc8c7c6)cc5)c5cccc6oc7c8ccccc8ccc7c56)cc4)cc3)ccc2c1. The number of hydrogen-bond donors (Lipinski definition) is 0. The summed E-state index contributed by atoms with van der Waals surface area (Å²) in [6.45, 7) is 0. The fourth-order valence-electron chi connectivity index (χ4n) is 8.88. The Hall–Kier alpha value is -7.88. The Morgan fingerprint density at radius 1 is 0.288 bits per heavy atom. The molecule has 3 nitrogen and oxygen atoms in total. The summed E-state index contributed by atoms with van der Waals surface area (Å²) in [7, 11) is 0. The largest absolute Gasteiger partial charge is 0.456 e. The van der Waals surface area contributed by atoms with Crippen molar-refractivity contribution in [1.29, 1.82) is 0 Å². The summed E-state index contributed by atoms with van der Waals surface area (Å²) in [5, 5.41) is 9.22. The zero-order valence-corrected chi connectivity index (χ0v) is 32.0. The molecule has 0 aliphatic heterocycles. The van der Waals surface area contributed by atoms with Gasteiger partial charge in [-0.05, 0) is 116 Å². The maximum Gasteiger partial charge on any atom is 0.143 e. The lowest BCUT2D eigenvalue weighted by atomic mass is 9.98. The Bertz CT molecular complexity index is 3540. The highest BCUT2D eigenvalue weighted by Crippen LogP contribution is 2.45. The molecule has 0 radical (unpaired) electrons. The van der Waals surface area contributed by atoms with E-state index in [2.05, 4.69) is 205 Å². The van der Waals surface area contributed by atoms with Gasteiger partial charge in [-0.1, -0.05) is 146 Å². The minimum Gasteiger partial charge on any atom is -0.456 e. The van der Waals surface area contributed by atoms with E-state index in [4.69, 9.17) is 8.83 Å². The Labute approximate surface area is 340 Å². The van der Waals surface area contributed by atoms with Crippen LogP contribution in [0, 0.1) is 0 Å². The molecule has 0 saturated heterocycles. The Morgan fingerprint density at radius 3 is 1.56 bits per heavy atom. The summed E-state index contributed by atoms with van der Waals surface area (Å²) < 4.78 is 12.8. The first-order chi connectivity index (χ1) is 29.2. The minimum absolute atomic E-state index is 0.860. The molecule has 0 aliphatic carbocycles. The van der Waals surface area contributed by atoms with E-state index >= 15 is 0 Å². The molecule has 0 amide bonds. The van der Waals surface area contributed by atoms with E-state index in [0.717, 1.165) is 88.4 Å². The molecule has 276 valence electrons. The summed E-state index contributed by atoms with van der Waals surface area (Å²) in [6.07, 6.45) is 0. The Kier molecular flexibility index (Phi) is 7.54. The number of anilines is 3. The van der Waals surface area contributed by atoms with Crippen LogP contribution in [0.4, 0.5) is 17.1 Å². The van der Waals surface area contributed by atoms with Gasteiger partial charge in [-0.15, -0.1) is 0 Å². The lowest BCUT2D eigenvalue weighted by molar-refractivity contribution is 0.669. The van der Waals surface area contributed by atoms with Crippen LogP contribution in [0.15, 0.2) is 221 Å². The van der Waals surface area contributed by atoms with E-state index in [1.807, 2.05) is 12.1 Å². The monoisotopic (exact) mass is 753 g/mol. The van der Waals surface area contributed by atoms with Crippen molar-refractivity contribution in [3.8, 4) is 33.4 Å². The van der Waals surface area contributed by atoms with Gasteiger partial charge < -0.3 is 13.7 Å². The lowest BCUT2D eigenvalue weighted by Gasteiger charge is -2.26. The molecule has 12 rings (SSSR count). The second kappa shape index (κ2) is 13.4. The number of hydrogen-bond acceptors (Lipinski definition) is 3. The fraction of sp³-hybridized carbons (Fsp3) is 0. The third kappa shape index (κ3) is 5.59. The number of benzene rings is 10. The molecule has 2 heterocycles. The van der Waals surface area contributed by atoms with E-state index in [1.165, 1.54) is 27.5 Å². The standard InChI is InChI=1S/C56H35NO2/c1-2-10-42-34-43(21-20-36(42)8-1)39-18-16-37(17-19-39)38-22-28-45(29-23-38)57(51-13-7-15-54-55(51)49-32-26-41-9-3-4-11-47(41)56(49)59-54)46-30-24-40(25-31-46)44-27-33-53-50(35-44)48-12-5-6-14-52(48)58-53/h1-35H. The van der Waals surface area contributed by atoms with Crippen molar-refractivity contribution < 1.29 is 8.83 Å². The second-order valence-electron chi connectivity index (χ2n) is 15.3. The predicted molar refractivity (Wildman–Crippen MR) is 247 cm³/mol. The first kappa shape index (κ1) is 33.3. The second-order valence-corrected chi connectivity index (χ2v) is 15.3. The quantitative estimate of drug-likeness (QED) is 0.169. The van der Waals surface area contributed by atoms with Gasteiger partial charge in [0.2, 0.25) is 0 Å². The first-order valence-corrected chi connectivity index (χ1v) is 20.1. The molecule has 0 fully saturated rings. The molecule has 12 aromatic rings. The summed E-state index contributed by atoms with van der Waals surface area (Å²) in [4.78, 5) is 2.36. The van der Waals surface area contributed by atoms with Gasteiger partial charge in [0.25, 0.3) is 0 Å². The normalized spacial score (nSPS) is 11.7. The molecular weight excluding hydrogens is 719 g/mol. The Morgan fingerprint density at radius 2 is 0.814 bits per heavy atom. The molecule has 10 aromatic carbocycles. The smallest absolute Gasteiger partial charge is 0.143 e. The van der Waals surface area contributed by atoms with Gasteiger partial charge in [0.15, 0.2) is 0 Å². The topological polar surface area (TPSA) is 29.5 Å². The molecule has 3 heteroatoms. The highest BCUT2D eigenvalue weighted by Gasteiger charge is 2.21. The van der Waals surface area contributed by atoms with Crippen LogP contribution in [0.3, 0.4) is 0 Å². The fourth-order valence-corrected chi connectivity index (χ4v) is 8.88. The molecular formula is C56H35NO2. The lowest BCUT2D eigenvalue weighted by Crippen LogP contribution is -2.10. The van der Waals surface area contributed by atoms with Crippen molar-refractivity contribution in [3.63, 3.8) is 0 Å². The van der Waals surface area contributed by atoms with Gasteiger partial charge in [0.1, 0.15) is 22.3 Å². The first-order valence-electron chi connectivity index (χ1n) is 20.1. The predicted octanol–water partition coefficient (Wildman–Crippen LogP) is 16.3. The third-order valence-corrected chi connectivity index (χ3v) is 11.9. The van der Waals surface area contributed by atoms with Gasteiger partial charge in [-0.25, -0.2) is 0 Å². The molecule has 59 heavy (non-hydrogen) atoms. The number of rotatable bonds is 6. The summed E-state index contributed by atoms with van der Waals surface area (Å²) in [6, 6.07) is 75.8. The summed E-state index contributed by atoms with van der Waals surface area (Å²) >= 11 is 0. The van der Waals surface area contributed by atoms with Crippen molar-refractivity contribution >= 4 is 82.5 Å². The van der Waals surface area contributed by atoms with Crippen molar-refractivity contribution in [1.82, 2.24) is 0 Å². The number of nitrogens with zero attached hydrogens (tertiary/aromatic N) is 1. The van der Waals surface area contributed by atoms with E-state index < -0.39 is 0 Å². The van der Waals surface area contributed by atoms with Crippen LogP contribution in [0.1, 0.15) is 0 Å². The summed E-state index contributed by atoms with van der Waals surface area (Å²) in [5.74, 6) is 0. The number of fused-ring (bicyclic) bond motifs is 9. The molecule has 0 atom stereocenters. The molecule has 0 N–H and O–H groups in total. The zero-order chi connectivity index (χ0) is 38.9. The molecule has 0 unspecified atom stereocenters. The molecule has 0 bridgehead atoms. The van der Waals surface area contributed by atoms with Crippen LogP contribution in [-0.2, 0) is 0 Å². The van der Waals surface area contributed by atoms with E-state index in [1.54, 1.807) is 0 Å². The van der Waals surface area contributed by atoms with Crippen LogP contribution < -0.4 is 4.90 Å². The molecule has 0 saturated carbocycles. The van der Waals surface area contributed by atoms with Gasteiger partial charge in [-0.3, -0.25) is 0 Å². The van der Waals surface area contributed by atoms with Crippen molar-refractivity contribution in [3.05, 3.63) is 212 Å². The summed E-state index contributed by atoms with van der Waals surface area (Å²) in [5.41, 5.74) is 13.8. The average Bonchev–Trinajstić information content (AvgIpc) is 3.88. The van der Waals surface area contributed by atoms with E-state index in [-0.39, 0.29) is 0 Å². The number of para-hydroxylation sites is 1. The van der Waals surface area contributed by atoms with Crippen molar-refractivity contribution in [2.75, 3.05) is 4.90 Å². The van der Waals surface area contributed by atoms with Crippen LogP contribution in [-0.4, -0.2) is 0 Å². The van der Waals surface area contributed by atoms with Crippen LogP contribution in [0.5, 0.6) is 0 Å². The van der Waals surface area contributed by atoms with Crippen LogP contribution >= 0.6 is 0 Å². The molecule has 2 aromatic heterocycles. The molecule has 0 spiro atoms. The highest BCUT2D eigenvalue weighted by atomic mass is 16.3. The van der Waals surface area contributed by atoms with Crippen molar-refractivity contribution in [2.24, 2.45) is 0 Å². The van der Waals surface area contributed by atoms with Gasteiger partial charge in [-0.2, -0.15) is 0 Å². The van der Waals surface area contributed by atoms with Crippen molar-refractivity contribution in [2.45, 2.75) is 0 Å². The average molecular weight is 754 g/mol. The van der Waals surface area contributed by atoms with Gasteiger partial charge in [0, 0.05) is 32.9 Å². The maximum atomic E-state index is 6.67. The maximum absolute atomic E-state index is 6.67. The van der Waals surface area contributed by atoms with Crippen LogP contribution in [0.25, 0.3) is 98.8 Å². The number of furan rings is 2. The van der Waals surface area contributed by atoms with E-state index in [0.29, 0.717) is 0 Å². The van der Waals surface area contributed by atoms with Crippen LogP contribution in [0.2, 0.25) is 0 Å². The zero-order valence-electron chi connectivity index (χ0n) is 32.0. The van der Waals surface area contributed by atoms with E-state index in [9.17, 15) is 0 Å². The Balaban J connectivity index is 0.952. The van der Waals surface area contributed by atoms with Gasteiger partial charge in [0.05, 0.1) is 11.1 Å². The highest BCUT2D eigenvalue weighted by molar-refractivity contribution is 6.19. The molecule has 0 aliphatic rings.